The standard InChI is InChI=1S/C17H19F3O3/c1-23-15(22)10-12-4-2-3-5-14(21)16(12)11-6-8-13(9-7-11)17(18,19)20/h6-9,12,16H,2-5,10H2,1H3/t12-,16-/m1/s1. The van der Waals surface area contributed by atoms with Gasteiger partial charge < -0.3 is 4.74 Å². The maximum Gasteiger partial charge on any atom is 0.416 e. The second-order valence-electron chi connectivity index (χ2n) is 5.85. The van der Waals surface area contributed by atoms with E-state index in [0.29, 0.717) is 18.4 Å². The van der Waals surface area contributed by atoms with Crippen molar-refractivity contribution in [2.75, 3.05) is 7.11 Å². The summed E-state index contributed by atoms with van der Waals surface area (Å²) in [6, 6.07) is 4.67. The number of Topliss-reactive ketones (excluding diaryl/α,β-unsaturated/α-hetero) is 1. The number of hydrogen-bond donors (Lipinski definition) is 0. The number of esters is 1. The highest BCUT2D eigenvalue weighted by atomic mass is 19.4. The molecule has 1 aromatic rings. The number of ketones is 1. The molecule has 6 heteroatoms. The van der Waals surface area contributed by atoms with E-state index in [-0.39, 0.29) is 18.1 Å². The molecule has 1 saturated carbocycles. The van der Waals surface area contributed by atoms with Gasteiger partial charge >= 0.3 is 12.1 Å². The van der Waals surface area contributed by atoms with Gasteiger partial charge in [-0.1, -0.05) is 18.6 Å². The lowest BCUT2D eigenvalue weighted by atomic mass is 9.79. The molecule has 1 aliphatic carbocycles. The van der Waals surface area contributed by atoms with Crippen molar-refractivity contribution in [1.82, 2.24) is 0 Å². The molecule has 2 atom stereocenters. The van der Waals surface area contributed by atoms with Gasteiger partial charge in [0.2, 0.25) is 0 Å². The van der Waals surface area contributed by atoms with Crippen LogP contribution in [0.2, 0.25) is 0 Å². The summed E-state index contributed by atoms with van der Waals surface area (Å²) in [6.07, 6.45) is -1.65. The van der Waals surface area contributed by atoms with Crippen LogP contribution in [0.15, 0.2) is 24.3 Å². The third-order valence-corrected chi connectivity index (χ3v) is 4.32. The summed E-state index contributed by atoms with van der Waals surface area (Å²) >= 11 is 0. The predicted octanol–water partition coefficient (Wildman–Crippen LogP) is 4.11. The number of rotatable bonds is 3. The van der Waals surface area contributed by atoms with Gasteiger partial charge in [-0.2, -0.15) is 13.2 Å². The highest BCUT2D eigenvalue weighted by Crippen LogP contribution is 2.38. The Bertz CT molecular complexity index is 563. The van der Waals surface area contributed by atoms with Gasteiger partial charge in [-0.3, -0.25) is 9.59 Å². The molecule has 0 aromatic heterocycles. The third kappa shape index (κ3) is 4.33. The van der Waals surface area contributed by atoms with Crippen molar-refractivity contribution in [2.45, 2.75) is 44.2 Å². The van der Waals surface area contributed by atoms with Crippen LogP contribution in [-0.2, 0) is 20.5 Å². The molecule has 0 radical (unpaired) electrons. The van der Waals surface area contributed by atoms with E-state index in [9.17, 15) is 22.8 Å². The zero-order valence-corrected chi connectivity index (χ0v) is 12.9. The first-order valence-electron chi connectivity index (χ1n) is 7.59. The molecule has 1 aromatic carbocycles. The third-order valence-electron chi connectivity index (χ3n) is 4.32. The molecule has 2 rings (SSSR count). The van der Waals surface area contributed by atoms with Crippen molar-refractivity contribution < 1.29 is 27.5 Å². The minimum atomic E-state index is -4.41. The Morgan fingerprint density at radius 2 is 1.87 bits per heavy atom. The lowest BCUT2D eigenvalue weighted by Gasteiger charge is -2.24. The number of carbonyl (C=O) groups is 2. The molecule has 0 amide bonds. The summed E-state index contributed by atoms with van der Waals surface area (Å²) in [6.45, 7) is 0. The van der Waals surface area contributed by atoms with Crippen LogP contribution in [0.4, 0.5) is 13.2 Å². The Balaban J connectivity index is 2.30. The zero-order chi connectivity index (χ0) is 17.0. The lowest BCUT2D eigenvalue weighted by molar-refractivity contribution is -0.142. The minimum absolute atomic E-state index is 0.0174. The average Bonchev–Trinajstić information content (AvgIpc) is 2.68. The van der Waals surface area contributed by atoms with Gasteiger partial charge in [0.1, 0.15) is 5.78 Å². The fourth-order valence-electron chi connectivity index (χ4n) is 3.15. The highest BCUT2D eigenvalue weighted by molar-refractivity contribution is 5.87. The smallest absolute Gasteiger partial charge is 0.416 e. The van der Waals surface area contributed by atoms with Crippen LogP contribution < -0.4 is 0 Å². The number of ether oxygens (including phenoxy) is 1. The Morgan fingerprint density at radius 1 is 1.22 bits per heavy atom. The normalized spacial score (nSPS) is 22.5. The van der Waals surface area contributed by atoms with Crippen LogP contribution in [0.25, 0.3) is 0 Å². The number of carbonyl (C=O) groups excluding carboxylic acids is 2. The van der Waals surface area contributed by atoms with E-state index in [4.69, 9.17) is 0 Å². The summed E-state index contributed by atoms with van der Waals surface area (Å²) in [7, 11) is 1.29. The minimum Gasteiger partial charge on any atom is -0.469 e. The summed E-state index contributed by atoms with van der Waals surface area (Å²) in [5.74, 6) is -1.19. The number of hydrogen-bond acceptors (Lipinski definition) is 3. The maximum absolute atomic E-state index is 12.7. The fourth-order valence-corrected chi connectivity index (χ4v) is 3.15. The Hall–Kier alpha value is -1.85. The van der Waals surface area contributed by atoms with E-state index >= 15 is 0 Å². The molecule has 0 heterocycles. The van der Waals surface area contributed by atoms with Crippen LogP contribution in [0, 0.1) is 5.92 Å². The second kappa shape index (κ2) is 7.15. The van der Waals surface area contributed by atoms with Crippen LogP contribution in [0.3, 0.4) is 0 Å². The Morgan fingerprint density at radius 3 is 2.43 bits per heavy atom. The first-order valence-corrected chi connectivity index (χ1v) is 7.59. The highest BCUT2D eigenvalue weighted by Gasteiger charge is 2.34. The van der Waals surface area contributed by atoms with Gasteiger partial charge in [-0.15, -0.1) is 0 Å². The Kier molecular flexibility index (Phi) is 5.44. The van der Waals surface area contributed by atoms with Crippen molar-refractivity contribution >= 4 is 11.8 Å². The van der Waals surface area contributed by atoms with Gasteiger partial charge in [0.15, 0.2) is 0 Å². The largest absolute Gasteiger partial charge is 0.469 e. The van der Waals surface area contributed by atoms with Gasteiger partial charge in [-0.05, 0) is 36.5 Å². The number of methoxy groups -OCH3 is 1. The molecule has 0 spiro atoms. The monoisotopic (exact) mass is 328 g/mol. The molecule has 1 aliphatic rings. The molecule has 0 N–H and O–H groups in total. The number of halogens is 3. The Labute approximate surface area is 132 Å². The van der Waals surface area contributed by atoms with Crippen molar-refractivity contribution in [3.05, 3.63) is 35.4 Å². The van der Waals surface area contributed by atoms with E-state index in [0.717, 1.165) is 25.0 Å². The first-order chi connectivity index (χ1) is 10.8. The molecule has 0 unspecified atom stereocenters. The van der Waals surface area contributed by atoms with Gasteiger partial charge in [0.25, 0.3) is 0 Å². The molecular formula is C17H19F3O3. The summed E-state index contributed by atoms with van der Waals surface area (Å²) in [5, 5.41) is 0. The van der Waals surface area contributed by atoms with Crippen molar-refractivity contribution in [1.29, 1.82) is 0 Å². The molecule has 0 aliphatic heterocycles. The van der Waals surface area contributed by atoms with Crippen LogP contribution in [0.1, 0.15) is 49.1 Å². The number of benzene rings is 1. The molecule has 23 heavy (non-hydrogen) atoms. The van der Waals surface area contributed by atoms with Crippen LogP contribution in [0.5, 0.6) is 0 Å². The van der Waals surface area contributed by atoms with E-state index in [1.165, 1.54) is 19.2 Å². The van der Waals surface area contributed by atoms with E-state index < -0.39 is 23.6 Å². The quantitative estimate of drug-likeness (QED) is 0.619. The fraction of sp³-hybridized carbons (Fsp3) is 0.529. The van der Waals surface area contributed by atoms with E-state index in [1.807, 2.05) is 0 Å². The van der Waals surface area contributed by atoms with Crippen LogP contribution >= 0.6 is 0 Å². The molecule has 0 bridgehead atoms. The molecule has 0 saturated heterocycles. The van der Waals surface area contributed by atoms with Gasteiger partial charge in [-0.25, -0.2) is 0 Å². The molecular weight excluding hydrogens is 309 g/mol. The predicted molar refractivity (Wildman–Crippen MR) is 77.8 cm³/mol. The van der Waals surface area contributed by atoms with Crippen LogP contribution in [-0.4, -0.2) is 18.9 Å². The topological polar surface area (TPSA) is 43.4 Å². The first kappa shape index (κ1) is 17.5. The summed E-state index contributed by atoms with van der Waals surface area (Å²) in [5.41, 5.74) is -0.203. The van der Waals surface area contributed by atoms with Crippen molar-refractivity contribution in [3.8, 4) is 0 Å². The molecule has 1 fully saturated rings. The number of alkyl halides is 3. The summed E-state index contributed by atoms with van der Waals surface area (Å²) < 4.78 is 42.7. The average molecular weight is 328 g/mol. The van der Waals surface area contributed by atoms with Gasteiger partial charge in [0, 0.05) is 18.8 Å². The maximum atomic E-state index is 12.7. The van der Waals surface area contributed by atoms with Crippen molar-refractivity contribution in [3.63, 3.8) is 0 Å². The van der Waals surface area contributed by atoms with E-state index in [2.05, 4.69) is 4.74 Å². The lowest BCUT2D eigenvalue weighted by Crippen LogP contribution is -2.23. The molecule has 126 valence electrons. The SMILES string of the molecule is COC(=O)C[C@H]1CCCCC(=O)[C@@H]1c1ccc(C(F)(F)F)cc1. The molecule has 3 nitrogen and oxygen atoms in total. The van der Waals surface area contributed by atoms with Gasteiger partial charge in [0.05, 0.1) is 12.7 Å². The summed E-state index contributed by atoms with van der Waals surface area (Å²) in [4.78, 5) is 24.0. The van der Waals surface area contributed by atoms with E-state index in [1.54, 1.807) is 0 Å². The zero-order valence-electron chi connectivity index (χ0n) is 12.9. The van der Waals surface area contributed by atoms with Crippen molar-refractivity contribution in [2.24, 2.45) is 5.92 Å². The second-order valence-corrected chi connectivity index (χ2v) is 5.85.